The van der Waals surface area contributed by atoms with Crippen LogP contribution >= 0.6 is 12.4 Å². The first-order valence-corrected chi connectivity index (χ1v) is 2.49. The van der Waals surface area contributed by atoms with Crippen molar-refractivity contribution in [2.45, 2.75) is 25.9 Å². The summed E-state index contributed by atoms with van der Waals surface area (Å²) in [6.45, 7) is 4.06. The van der Waals surface area contributed by atoms with E-state index in [4.69, 9.17) is 10.8 Å². The maximum absolute atomic E-state index is 8.94. The van der Waals surface area contributed by atoms with Crippen molar-refractivity contribution < 1.29 is 5.11 Å². The summed E-state index contributed by atoms with van der Waals surface area (Å²) in [5.41, 5.74) is 4.58. The van der Waals surface area contributed by atoms with Gasteiger partial charge in [-0.1, -0.05) is 0 Å². The van der Waals surface area contributed by atoms with Gasteiger partial charge in [0.05, 0.1) is 5.60 Å². The zero-order valence-electron chi connectivity index (χ0n) is 5.35. The molecule has 8 heavy (non-hydrogen) atoms. The molecule has 0 fully saturated rings. The molecule has 3 heteroatoms. The molecule has 2 nitrogen and oxygen atoms in total. The van der Waals surface area contributed by atoms with E-state index in [1.165, 1.54) is 0 Å². The second-order valence-electron chi connectivity index (χ2n) is 2.35. The minimum atomic E-state index is -0.575. The van der Waals surface area contributed by atoms with Crippen LogP contribution in [0.2, 0.25) is 0 Å². The Balaban J connectivity index is 0. The molecule has 0 aliphatic carbocycles. The quantitative estimate of drug-likeness (QED) is 0.586. The smallest absolute Gasteiger partial charge is 0.0603 e. The van der Waals surface area contributed by atoms with Crippen LogP contribution < -0.4 is 5.73 Å². The van der Waals surface area contributed by atoms with E-state index in [0.29, 0.717) is 13.0 Å². The lowest BCUT2D eigenvalue weighted by Gasteiger charge is -2.13. The Morgan fingerprint density at radius 1 is 1.50 bits per heavy atom. The number of rotatable bonds is 2. The van der Waals surface area contributed by atoms with Crippen LogP contribution in [0.3, 0.4) is 0 Å². The summed E-state index contributed by atoms with van der Waals surface area (Å²) in [4.78, 5) is 0. The third-order valence-corrected chi connectivity index (χ3v) is 0.756. The standard InChI is InChI=1S/C5H13NO.ClH/c1-5(2,7)3-4-6;/h7H,3-4,6H2,1-2H3;1H. The molecule has 0 radical (unpaired) electrons. The topological polar surface area (TPSA) is 46.2 Å². The third kappa shape index (κ3) is 9.51. The van der Waals surface area contributed by atoms with Crippen LogP contribution in [0.4, 0.5) is 0 Å². The fourth-order valence-corrected chi connectivity index (χ4v) is 0.353. The molecule has 0 saturated heterocycles. The second-order valence-corrected chi connectivity index (χ2v) is 2.35. The van der Waals surface area contributed by atoms with Crippen LogP contribution in [0.15, 0.2) is 0 Å². The number of aliphatic hydroxyl groups is 1. The molecular weight excluding hydrogens is 126 g/mol. The fourth-order valence-electron chi connectivity index (χ4n) is 0.353. The Bertz CT molecular complexity index is 50.9. The molecule has 0 aliphatic heterocycles. The molecule has 52 valence electrons. The minimum absolute atomic E-state index is 0. The molecule has 0 rings (SSSR count). The molecule has 0 bridgehead atoms. The molecule has 0 heterocycles. The summed E-state index contributed by atoms with van der Waals surface area (Å²) < 4.78 is 0. The maximum atomic E-state index is 8.94. The van der Waals surface area contributed by atoms with E-state index in [0.717, 1.165) is 0 Å². The summed E-state index contributed by atoms with van der Waals surface area (Å²) in [5, 5.41) is 8.94. The maximum Gasteiger partial charge on any atom is 0.0603 e. The average molecular weight is 140 g/mol. The summed E-state index contributed by atoms with van der Waals surface area (Å²) in [6, 6.07) is 0. The first-order valence-electron chi connectivity index (χ1n) is 2.49. The fraction of sp³-hybridized carbons (Fsp3) is 1.00. The Morgan fingerprint density at radius 3 is 1.88 bits per heavy atom. The zero-order valence-corrected chi connectivity index (χ0v) is 6.16. The monoisotopic (exact) mass is 139 g/mol. The van der Waals surface area contributed by atoms with Gasteiger partial charge in [0, 0.05) is 0 Å². The Morgan fingerprint density at radius 2 is 1.88 bits per heavy atom. The Kier molecular flexibility index (Phi) is 5.71. The summed E-state index contributed by atoms with van der Waals surface area (Å²) >= 11 is 0. The van der Waals surface area contributed by atoms with Gasteiger partial charge < -0.3 is 10.8 Å². The van der Waals surface area contributed by atoms with E-state index in [2.05, 4.69) is 0 Å². The molecule has 0 atom stereocenters. The minimum Gasteiger partial charge on any atom is -0.390 e. The van der Waals surface area contributed by atoms with E-state index < -0.39 is 5.60 Å². The van der Waals surface area contributed by atoms with Gasteiger partial charge in [0.2, 0.25) is 0 Å². The molecule has 0 spiro atoms. The SMILES string of the molecule is CC(C)(O)CCN.Cl. The first-order chi connectivity index (χ1) is 3.06. The van der Waals surface area contributed by atoms with Gasteiger partial charge in [-0.2, -0.15) is 0 Å². The van der Waals surface area contributed by atoms with Crippen molar-refractivity contribution in [2.24, 2.45) is 5.73 Å². The summed E-state index contributed by atoms with van der Waals surface area (Å²) in [7, 11) is 0. The predicted octanol–water partition coefficient (Wildman–Crippen LogP) is 0.528. The molecule has 0 unspecified atom stereocenters. The van der Waals surface area contributed by atoms with E-state index in [1.54, 1.807) is 13.8 Å². The zero-order chi connectivity index (χ0) is 5.91. The van der Waals surface area contributed by atoms with Crippen molar-refractivity contribution in [3.05, 3.63) is 0 Å². The van der Waals surface area contributed by atoms with E-state index in [-0.39, 0.29) is 12.4 Å². The van der Waals surface area contributed by atoms with Gasteiger partial charge in [-0.25, -0.2) is 0 Å². The van der Waals surface area contributed by atoms with Crippen molar-refractivity contribution in [3.8, 4) is 0 Å². The number of halogens is 1. The molecule has 3 N–H and O–H groups in total. The molecular formula is C5H14ClNO. The normalized spacial score (nSPS) is 10.5. The van der Waals surface area contributed by atoms with Crippen molar-refractivity contribution >= 4 is 12.4 Å². The Hall–Kier alpha value is 0.210. The van der Waals surface area contributed by atoms with Crippen LogP contribution in [-0.2, 0) is 0 Å². The molecule has 0 aromatic heterocycles. The van der Waals surface area contributed by atoms with Gasteiger partial charge in [-0.15, -0.1) is 12.4 Å². The van der Waals surface area contributed by atoms with E-state index >= 15 is 0 Å². The van der Waals surface area contributed by atoms with Gasteiger partial charge in [-0.05, 0) is 26.8 Å². The van der Waals surface area contributed by atoms with Gasteiger partial charge >= 0.3 is 0 Å². The van der Waals surface area contributed by atoms with Crippen LogP contribution in [0.25, 0.3) is 0 Å². The second kappa shape index (κ2) is 4.13. The lowest BCUT2D eigenvalue weighted by molar-refractivity contribution is 0.0737. The predicted molar refractivity (Wildman–Crippen MR) is 37.2 cm³/mol. The van der Waals surface area contributed by atoms with Crippen LogP contribution in [-0.4, -0.2) is 17.3 Å². The molecule has 0 aromatic rings. The molecule has 0 aromatic carbocycles. The number of hydrogen-bond acceptors (Lipinski definition) is 2. The van der Waals surface area contributed by atoms with Crippen LogP contribution in [0, 0.1) is 0 Å². The van der Waals surface area contributed by atoms with Crippen LogP contribution in [0.5, 0.6) is 0 Å². The lowest BCUT2D eigenvalue weighted by atomic mass is 10.1. The molecule has 0 amide bonds. The van der Waals surface area contributed by atoms with E-state index in [9.17, 15) is 0 Å². The third-order valence-electron chi connectivity index (χ3n) is 0.756. The summed E-state index contributed by atoms with van der Waals surface area (Å²) in [6.07, 6.45) is 0.674. The van der Waals surface area contributed by atoms with Gasteiger partial charge in [0.1, 0.15) is 0 Å². The highest BCUT2D eigenvalue weighted by molar-refractivity contribution is 5.85. The van der Waals surface area contributed by atoms with Crippen molar-refractivity contribution in [3.63, 3.8) is 0 Å². The summed E-state index contributed by atoms with van der Waals surface area (Å²) in [5.74, 6) is 0. The largest absolute Gasteiger partial charge is 0.390 e. The van der Waals surface area contributed by atoms with Gasteiger partial charge in [-0.3, -0.25) is 0 Å². The van der Waals surface area contributed by atoms with E-state index in [1.807, 2.05) is 0 Å². The van der Waals surface area contributed by atoms with Crippen molar-refractivity contribution in [1.82, 2.24) is 0 Å². The highest BCUT2D eigenvalue weighted by atomic mass is 35.5. The number of hydrogen-bond donors (Lipinski definition) is 2. The molecule has 0 saturated carbocycles. The number of nitrogens with two attached hydrogens (primary N) is 1. The van der Waals surface area contributed by atoms with Crippen LogP contribution in [0.1, 0.15) is 20.3 Å². The van der Waals surface area contributed by atoms with Crippen molar-refractivity contribution in [1.29, 1.82) is 0 Å². The Labute approximate surface area is 56.5 Å². The lowest BCUT2D eigenvalue weighted by Crippen LogP contribution is -2.22. The van der Waals surface area contributed by atoms with Gasteiger partial charge in [0.25, 0.3) is 0 Å². The van der Waals surface area contributed by atoms with Gasteiger partial charge in [0.15, 0.2) is 0 Å². The average Bonchev–Trinajstić information content (AvgIpc) is 1.30. The molecule has 0 aliphatic rings. The first kappa shape index (κ1) is 11.1. The van der Waals surface area contributed by atoms with Crippen molar-refractivity contribution in [2.75, 3.05) is 6.54 Å². The highest BCUT2D eigenvalue weighted by Gasteiger charge is 2.08. The highest BCUT2D eigenvalue weighted by Crippen LogP contribution is 2.03.